The lowest BCUT2D eigenvalue weighted by Crippen LogP contribution is -2.38. The van der Waals surface area contributed by atoms with Crippen LogP contribution in [0.2, 0.25) is 0 Å². The van der Waals surface area contributed by atoms with E-state index < -0.39 is 0 Å². The number of thiophene rings is 1. The molecule has 0 aliphatic carbocycles. The molecule has 1 fully saturated rings. The third-order valence-corrected chi connectivity index (χ3v) is 6.26. The zero-order valence-electron chi connectivity index (χ0n) is 15.8. The third kappa shape index (κ3) is 3.58. The molecule has 0 unspecified atom stereocenters. The van der Waals surface area contributed by atoms with E-state index in [1.54, 1.807) is 11.3 Å². The van der Waals surface area contributed by atoms with E-state index >= 15 is 0 Å². The van der Waals surface area contributed by atoms with Gasteiger partial charge in [0.1, 0.15) is 0 Å². The van der Waals surface area contributed by atoms with E-state index in [0.29, 0.717) is 19.0 Å². The maximum Gasteiger partial charge on any atom is 0.227 e. The van der Waals surface area contributed by atoms with Crippen LogP contribution in [0.5, 0.6) is 0 Å². The van der Waals surface area contributed by atoms with Crippen LogP contribution in [0.25, 0.3) is 0 Å². The smallest absolute Gasteiger partial charge is 0.227 e. The van der Waals surface area contributed by atoms with Crippen LogP contribution in [0.1, 0.15) is 55.2 Å². The second kappa shape index (κ2) is 7.53. The predicted molar refractivity (Wildman–Crippen MR) is 104 cm³/mol. The Bertz CT molecular complexity index is 759. The maximum absolute atomic E-state index is 12.7. The Morgan fingerprint density at radius 2 is 2.08 bits per heavy atom. The van der Waals surface area contributed by atoms with Gasteiger partial charge in [-0.3, -0.25) is 14.4 Å². The van der Waals surface area contributed by atoms with E-state index in [1.165, 1.54) is 42.9 Å². The maximum atomic E-state index is 12.7. The Hall–Kier alpha value is -1.66. The quantitative estimate of drug-likeness (QED) is 0.809. The summed E-state index contributed by atoms with van der Waals surface area (Å²) < 4.78 is 2.16. The topological polar surface area (TPSA) is 41.4 Å². The van der Waals surface area contributed by atoms with Crippen molar-refractivity contribution in [1.29, 1.82) is 0 Å². The molecule has 0 N–H and O–H groups in total. The minimum absolute atomic E-state index is 0.228. The van der Waals surface area contributed by atoms with Gasteiger partial charge in [-0.05, 0) is 68.6 Å². The summed E-state index contributed by atoms with van der Waals surface area (Å²) in [4.78, 5) is 17.3. The third-order valence-electron chi connectivity index (χ3n) is 5.52. The first-order valence-electron chi connectivity index (χ1n) is 9.72. The van der Waals surface area contributed by atoms with Gasteiger partial charge in [-0.1, -0.05) is 0 Å². The Labute approximate surface area is 159 Å². The summed E-state index contributed by atoms with van der Waals surface area (Å²) in [6.45, 7) is 9.21. The van der Waals surface area contributed by atoms with E-state index in [0.717, 1.165) is 25.1 Å². The molecule has 6 heteroatoms. The molecule has 2 aromatic rings. The zero-order valence-corrected chi connectivity index (χ0v) is 16.6. The van der Waals surface area contributed by atoms with Crippen molar-refractivity contribution in [2.75, 3.05) is 19.6 Å². The Kier molecular flexibility index (Phi) is 5.14. The largest absolute Gasteiger partial charge is 0.336 e. The summed E-state index contributed by atoms with van der Waals surface area (Å²) >= 11 is 1.65. The number of aromatic nitrogens is 2. The average Bonchev–Trinajstić information content (AvgIpc) is 3.36. The fourth-order valence-electron chi connectivity index (χ4n) is 4.12. The van der Waals surface area contributed by atoms with Crippen LogP contribution in [-0.2, 0) is 30.7 Å². The minimum atomic E-state index is 0.228. The molecule has 2 aliphatic heterocycles. The molecule has 4 heterocycles. The molecule has 0 radical (unpaired) electrons. The highest BCUT2D eigenvalue weighted by Crippen LogP contribution is 2.27. The average molecular weight is 373 g/mol. The van der Waals surface area contributed by atoms with Crippen LogP contribution in [-0.4, -0.2) is 45.1 Å². The van der Waals surface area contributed by atoms with Crippen molar-refractivity contribution in [1.82, 2.24) is 19.6 Å². The van der Waals surface area contributed by atoms with E-state index in [-0.39, 0.29) is 5.91 Å². The first kappa shape index (κ1) is 17.7. The number of hydrogen-bond acceptors (Lipinski definition) is 4. The van der Waals surface area contributed by atoms with Crippen LogP contribution >= 0.6 is 11.3 Å². The second-order valence-corrected chi connectivity index (χ2v) is 8.55. The van der Waals surface area contributed by atoms with Crippen molar-refractivity contribution < 1.29 is 4.79 Å². The van der Waals surface area contributed by atoms with Crippen molar-refractivity contribution in [2.24, 2.45) is 0 Å². The molecule has 0 atom stereocenters. The molecule has 5 nitrogen and oxygen atoms in total. The van der Waals surface area contributed by atoms with Gasteiger partial charge < -0.3 is 4.90 Å². The molecule has 4 rings (SSSR count). The van der Waals surface area contributed by atoms with E-state index in [9.17, 15) is 4.79 Å². The molecule has 2 aliphatic rings. The molecule has 26 heavy (non-hydrogen) atoms. The highest BCUT2D eigenvalue weighted by molar-refractivity contribution is 7.08. The van der Waals surface area contributed by atoms with Gasteiger partial charge in [0.15, 0.2) is 0 Å². The fourth-order valence-corrected chi connectivity index (χ4v) is 4.79. The molecule has 140 valence electrons. The van der Waals surface area contributed by atoms with E-state index in [2.05, 4.69) is 28.8 Å². The molecule has 0 aromatic carbocycles. The number of likely N-dealkylation sites (tertiary alicyclic amines) is 1. The lowest BCUT2D eigenvalue weighted by atomic mass is 10.0. The number of fused-ring (bicyclic) bond motifs is 1. The van der Waals surface area contributed by atoms with Crippen LogP contribution in [0, 0.1) is 0 Å². The summed E-state index contributed by atoms with van der Waals surface area (Å²) in [7, 11) is 0. The van der Waals surface area contributed by atoms with Gasteiger partial charge >= 0.3 is 0 Å². The normalized spacial score (nSPS) is 17.9. The van der Waals surface area contributed by atoms with Gasteiger partial charge in [0.25, 0.3) is 0 Å². The summed E-state index contributed by atoms with van der Waals surface area (Å²) in [5, 5.41) is 9.07. The molecular formula is C20H28N4OS. The van der Waals surface area contributed by atoms with Crippen molar-refractivity contribution in [3.8, 4) is 0 Å². The predicted octanol–water partition coefficient (Wildman–Crippen LogP) is 3.25. The number of carbonyl (C=O) groups is 1. The fraction of sp³-hybridized carbons (Fsp3) is 0.600. The number of amides is 1. The highest BCUT2D eigenvalue weighted by atomic mass is 32.1. The van der Waals surface area contributed by atoms with Gasteiger partial charge in [-0.2, -0.15) is 16.4 Å². The minimum Gasteiger partial charge on any atom is -0.336 e. The van der Waals surface area contributed by atoms with Gasteiger partial charge in [-0.15, -0.1) is 0 Å². The zero-order chi connectivity index (χ0) is 18.1. The highest BCUT2D eigenvalue weighted by Gasteiger charge is 2.29. The van der Waals surface area contributed by atoms with E-state index in [4.69, 9.17) is 5.10 Å². The van der Waals surface area contributed by atoms with Crippen molar-refractivity contribution in [3.05, 3.63) is 39.3 Å². The van der Waals surface area contributed by atoms with Crippen LogP contribution in [0.3, 0.4) is 0 Å². The molecule has 0 saturated carbocycles. The molecule has 0 bridgehead atoms. The van der Waals surface area contributed by atoms with Crippen molar-refractivity contribution >= 4 is 17.2 Å². The Balaban J connectivity index is 1.53. The summed E-state index contributed by atoms with van der Waals surface area (Å²) in [6.07, 6.45) is 4.05. The number of hydrogen-bond donors (Lipinski definition) is 0. The lowest BCUT2D eigenvalue weighted by Gasteiger charge is -2.29. The molecule has 2 aromatic heterocycles. The summed E-state index contributed by atoms with van der Waals surface area (Å²) in [6, 6.07) is 2.37. The van der Waals surface area contributed by atoms with Gasteiger partial charge in [0.05, 0.1) is 24.4 Å². The first-order chi connectivity index (χ1) is 12.6. The number of carbonyl (C=O) groups excluding carboxylic acids is 1. The van der Waals surface area contributed by atoms with Gasteiger partial charge in [0, 0.05) is 24.7 Å². The summed E-state index contributed by atoms with van der Waals surface area (Å²) in [5.74, 6) is 0.228. The van der Waals surface area contributed by atoms with Gasteiger partial charge in [0.2, 0.25) is 5.91 Å². The van der Waals surface area contributed by atoms with Crippen LogP contribution in [0.15, 0.2) is 16.8 Å². The second-order valence-electron chi connectivity index (χ2n) is 7.77. The molecule has 1 saturated heterocycles. The Morgan fingerprint density at radius 3 is 2.77 bits per heavy atom. The molecular weight excluding hydrogens is 344 g/mol. The SMILES string of the molecule is CC(C)n1nc(CN2CCCC2)c2c1CN(C(=O)Cc1ccsc1)CC2. The molecule has 0 spiro atoms. The number of rotatable bonds is 5. The molecule has 1 amide bonds. The van der Waals surface area contributed by atoms with Crippen molar-refractivity contribution in [2.45, 2.75) is 58.7 Å². The van der Waals surface area contributed by atoms with E-state index in [1.807, 2.05) is 16.3 Å². The number of nitrogens with zero attached hydrogens (tertiary/aromatic N) is 4. The lowest BCUT2D eigenvalue weighted by molar-refractivity contribution is -0.131. The van der Waals surface area contributed by atoms with Crippen LogP contribution in [0.4, 0.5) is 0 Å². The van der Waals surface area contributed by atoms with Crippen molar-refractivity contribution in [3.63, 3.8) is 0 Å². The summed E-state index contributed by atoms with van der Waals surface area (Å²) in [5.41, 5.74) is 5.00. The van der Waals surface area contributed by atoms with Crippen LogP contribution < -0.4 is 0 Å². The monoisotopic (exact) mass is 372 g/mol. The first-order valence-corrected chi connectivity index (χ1v) is 10.7. The Morgan fingerprint density at radius 1 is 1.27 bits per heavy atom. The van der Waals surface area contributed by atoms with Gasteiger partial charge in [-0.25, -0.2) is 0 Å². The standard InChI is InChI=1S/C20H28N4OS/c1-15(2)24-19-13-23(20(25)11-16-6-10-26-14-16)9-5-17(19)18(21-24)12-22-7-3-4-8-22/h6,10,14-15H,3-5,7-9,11-13H2,1-2H3.